The molecule has 17 heavy (non-hydrogen) atoms. The summed E-state index contributed by atoms with van der Waals surface area (Å²) in [5.74, 6) is -0.498. The monoisotopic (exact) mass is 249 g/mol. The van der Waals surface area contributed by atoms with Crippen LogP contribution in [0.5, 0.6) is 11.6 Å². The Morgan fingerprint density at radius 2 is 2.12 bits per heavy atom. The van der Waals surface area contributed by atoms with E-state index in [-0.39, 0.29) is 22.3 Å². The van der Waals surface area contributed by atoms with Crippen LogP contribution in [-0.4, -0.2) is 9.97 Å². The zero-order valence-electron chi connectivity index (χ0n) is 8.39. The molecule has 0 aliphatic heterocycles. The number of aromatic nitrogens is 2. The van der Waals surface area contributed by atoms with Crippen LogP contribution in [0, 0.1) is 17.1 Å². The molecule has 0 aliphatic rings. The van der Waals surface area contributed by atoms with Crippen LogP contribution < -0.4 is 4.74 Å². The molecule has 2 rings (SSSR count). The Morgan fingerprint density at radius 3 is 2.71 bits per heavy atom. The van der Waals surface area contributed by atoms with E-state index in [0.29, 0.717) is 0 Å². The smallest absolute Gasteiger partial charge is 0.238 e. The van der Waals surface area contributed by atoms with Crippen LogP contribution in [0.2, 0.25) is 5.02 Å². The number of hydrogen-bond acceptors (Lipinski definition) is 4. The minimum atomic E-state index is -0.594. The zero-order chi connectivity index (χ0) is 12.3. The summed E-state index contributed by atoms with van der Waals surface area (Å²) in [5, 5.41) is 8.80. The average molecular weight is 250 g/mol. The van der Waals surface area contributed by atoms with Crippen molar-refractivity contribution >= 4 is 11.6 Å². The lowest BCUT2D eigenvalue weighted by Crippen LogP contribution is -1.93. The number of nitrogens with zero attached hydrogens (tertiary/aromatic N) is 3. The molecule has 0 amide bonds. The third kappa shape index (κ3) is 2.68. The Kier molecular flexibility index (Phi) is 3.17. The summed E-state index contributed by atoms with van der Waals surface area (Å²) in [6, 6.07) is 5.83. The second kappa shape index (κ2) is 4.76. The maximum absolute atomic E-state index is 13.4. The molecule has 1 heterocycles. The molecule has 0 saturated heterocycles. The molecule has 0 spiro atoms. The van der Waals surface area contributed by atoms with Crippen molar-refractivity contribution in [1.82, 2.24) is 9.97 Å². The molecule has 0 fully saturated rings. The summed E-state index contributed by atoms with van der Waals surface area (Å²) in [6.45, 7) is 0. The first kappa shape index (κ1) is 11.3. The van der Waals surface area contributed by atoms with Gasteiger partial charge in [0.1, 0.15) is 6.07 Å². The van der Waals surface area contributed by atoms with E-state index in [9.17, 15) is 4.39 Å². The fourth-order valence-corrected chi connectivity index (χ4v) is 1.26. The number of hydrogen-bond donors (Lipinski definition) is 0. The van der Waals surface area contributed by atoms with Gasteiger partial charge in [0.2, 0.25) is 5.88 Å². The molecule has 0 bridgehead atoms. The second-order valence-electron chi connectivity index (χ2n) is 3.03. The first-order valence-corrected chi connectivity index (χ1v) is 4.92. The highest BCUT2D eigenvalue weighted by Crippen LogP contribution is 2.24. The van der Waals surface area contributed by atoms with Gasteiger partial charge in [0, 0.05) is 5.02 Å². The summed E-state index contributed by atoms with van der Waals surface area (Å²) in [6.07, 6.45) is 2.48. The van der Waals surface area contributed by atoms with Crippen LogP contribution in [-0.2, 0) is 0 Å². The molecule has 1 aromatic heterocycles. The SMILES string of the molecule is N#Cc1cnc(Oc2ccc(Cl)cc2F)cn1. The van der Waals surface area contributed by atoms with Gasteiger partial charge >= 0.3 is 0 Å². The third-order valence-corrected chi connectivity index (χ3v) is 2.09. The predicted molar refractivity (Wildman–Crippen MR) is 58.2 cm³/mol. The number of halogens is 2. The molecule has 0 atom stereocenters. The standard InChI is InChI=1S/C11H5ClFN3O/c12-7-1-2-10(9(13)3-7)17-11-6-15-8(4-14)5-16-11/h1-3,5-6H. The molecule has 0 unspecified atom stereocenters. The lowest BCUT2D eigenvalue weighted by molar-refractivity contribution is 0.425. The minimum Gasteiger partial charge on any atom is -0.434 e. The molecule has 0 radical (unpaired) electrons. The fourth-order valence-electron chi connectivity index (χ4n) is 1.10. The van der Waals surface area contributed by atoms with Crippen molar-refractivity contribution in [3.63, 3.8) is 0 Å². The van der Waals surface area contributed by atoms with Crippen molar-refractivity contribution in [3.8, 4) is 17.7 Å². The Morgan fingerprint density at radius 1 is 1.29 bits per heavy atom. The van der Waals surface area contributed by atoms with Crippen molar-refractivity contribution in [1.29, 1.82) is 5.26 Å². The first-order chi connectivity index (χ1) is 8.19. The van der Waals surface area contributed by atoms with Crippen molar-refractivity contribution in [2.45, 2.75) is 0 Å². The summed E-state index contributed by atoms with van der Waals surface area (Å²) in [7, 11) is 0. The molecule has 0 aliphatic carbocycles. The van der Waals surface area contributed by atoms with E-state index < -0.39 is 5.82 Å². The summed E-state index contributed by atoms with van der Waals surface area (Å²) >= 11 is 5.60. The highest BCUT2D eigenvalue weighted by atomic mass is 35.5. The van der Waals surface area contributed by atoms with Gasteiger partial charge in [0.15, 0.2) is 17.3 Å². The molecular weight excluding hydrogens is 245 g/mol. The summed E-state index contributed by atoms with van der Waals surface area (Å²) < 4.78 is 18.5. The van der Waals surface area contributed by atoms with Gasteiger partial charge < -0.3 is 4.74 Å². The van der Waals surface area contributed by atoms with Crippen LogP contribution >= 0.6 is 11.6 Å². The third-order valence-electron chi connectivity index (χ3n) is 1.85. The zero-order valence-corrected chi connectivity index (χ0v) is 9.15. The van der Waals surface area contributed by atoms with Crippen LogP contribution in [0.3, 0.4) is 0 Å². The second-order valence-corrected chi connectivity index (χ2v) is 3.46. The number of rotatable bonds is 2. The van der Waals surface area contributed by atoms with Gasteiger partial charge in [0.25, 0.3) is 0 Å². The van der Waals surface area contributed by atoms with Gasteiger partial charge in [-0.1, -0.05) is 11.6 Å². The molecule has 2 aromatic rings. The van der Waals surface area contributed by atoms with Crippen molar-refractivity contribution in [2.24, 2.45) is 0 Å². The van der Waals surface area contributed by atoms with Crippen molar-refractivity contribution in [2.75, 3.05) is 0 Å². The number of ether oxygens (including phenoxy) is 1. The Labute approximate surface area is 101 Å². The number of benzene rings is 1. The van der Waals surface area contributed by atoms with Gasteiger partial charge in [-0.2, -0.15) is 5.26 Å². The van der Waals surface area contributed by atoms with E-state index in [2.05, 4.69) is 9.97 Å². The molecular formula is C11H5ClFN3O. The predicted octanol–water partition coefficient (Wildman–Crippen LogP) is 2.93. The summed E-state index contributed by atoms with van der Waals surface area (Å²) in [5.41, 5.74) is 0.161. The highest BCUT2D eigenvalue weighted by Gasteiger charge is 2.06. The molecule has 4 nitrogen and oxygen atoms in total. The Hall–Kier alpha value is -2.19. The van der Waals surface area contributed by atoms with Crippen molar-refractivity contribution in [3.05, 3.63) is 47.1 Å². The van der Waals surface area contributed by atoms with E-state index in [1.165, 1.54) is 24.5 Å². The van der Waals surface area contributed by atoms with Gasteiger partial charge in [-0.05, 0) is 18.2 Å². The normalized spacial score (nSPS) is 9.71. The maximum Gasteiger partial charge on any atom is 0.238 e. The van der Waals surface area contributed by atoms with E-state index in [1.807, 2.05) is 6.07 Å². The first-order valence-electron chi connectivity index (χ1n) is 4.54. The van der Waals surface area contributed by atoms with E-state index in [0.717, 1.165) is 6.07 Å². The van der Waals surface area contributed by atoms with E-state index >= 15 is 0 Å². The summed E-state index contributed by atoms with van der Waals surface area (Å²) in [4.78, 5) is 7.54. The fraction of sp³-hybridized carbons (Fsp3) is 0. The van der Waals surface area contributed by atoms with Crippen LogP contribution in [0.25, 0.3) is 0 Å². The minimum absolute atomic E-state index is 0.00610. The van der Waals surface area contributed by atoms with Gasteiger partial charge in [0.05, 0.1) is 12.4 Å². The molecule has 6 heteroatoms. The highest BCUT2D eigenvalue weighted by molar-refractivity contribution is 6.30. The van der Waals surface area contributed by atoms with E-state index in [1.54, 1.807) is 0 Å². The Bertz CT molecular complexity index is 580. The molecule has 0 N–H and O–H groups in total. The van der Waals surface area contributed by atoms with Crippen molar-refractivity contribution < 1.29 is 9.13 Å². The maximum atomic E-state index is 13.4. The lowest BCUT2D eigenvalue weighted by atomic mass is 10.3. The quantitative estimate of drug-likeness (QED) is 0.821. The van der Waals surface area contributed by atoms with Crippen LogP contribution in [0.15, 0.2) is 30.6 Å². The van der Waals surface area contributed by atoms with E-state index in [4.69, 9.17) is 21.6 Å². The van der Waals surface area contributed by atoms with Crippen LogP contribution in [0.1, 0.15) is 5.69 Å². The number of nitriles is 1. The Balaban J connectivity index is 2.23. The van der Waals surface area contributed by atoms with Crippen LogP contribution in [0.4, 0.5) is 4.39 Å². The molecule has 1 aromatic carbocycles. The lowest BCUT2D eigenvalue weighted by Gasteiger charge is -2.05. The topological polar surface area (TPSA) is 58.8 Å². The largest absolute Gasteiger partial charge is 0.434 e. The van der Waals surface area contributed by atoms with Gasteiger partial charge in [-0.25, -0.2) is 14.4 Å². The van der Waals surface area contributed by atoms with Gasteiger partial charge in [-0.15, -0.1) is 0 Å². The average Bonchev–Trinajstić information content (AvgIpc) is 2.34. The molecule has 0 saturated carbocycles. The molecule has 84 valence electrons. The van der Waals surface area contributed by atoms with Gasteiger partial charge in [-0.3, -0.25) is 0 Å².